The number of aromatic nitrogens is 3. The predicted octanol–water partition coefficient (Wildman–Crippen LogP) is 1.94. The number of thiazole rings is 1. The second-order valence-electron chi connectivity index (χ2n) is 5.88. The number of benzene rings is 1. The minimum atomic E-state index is -0.211. The lowest BCUT2D eigenvalue weighted by Crippen LogP contribution is -2.39. The molecule has 0 bridgehead atoms. The highest BCUT2D eigenvalue weighted by Crippen LogP contribution is 2.45. The van der Waals surface area contributed by atoms with Crippen molar-refractivity contribution in [3.05, 3.63) is 35.0 Å². The molecule has 3 aromatic rings. The Morgan fingerprint density at radius 1 is 1.23 bits per heavy atom. The summed E-state index contributed by atoms with van der Waals surface area (Å²) >= 11 is 1.42. The van der Waals surface area contributed by atoms with E-state index in [9.17, 15) is 5.11 Å². The van der Waals surface area contributed by atoms with Crippen molar-refractivity contribution in [3.8, 4) is 17.4 Å². The van der Waals surface area contributed by atoms with E-state index in [2.05, 4.69) is 15.0 Å². The van der Waals surface area contributed by atoms with E-state index in [0.717, 1.165) is 23.5 Å². The van der Waals surface area contributed by atoms with E-state index in [-0.39, 0.29) is 11.9 Å². The first-order chi connectivity index (χ1) is 12.7. The molecule has 1 unspecified atom stereocenters. The van der Waals surface area contributed by atoms with Crippen molar-refractivity contribution < 1.29 is 19.3 Å². The monoisotopic (exact) mass is 376 g/mol. The summed E-state index contributed by atoms with van der Waals surface area (Å²) in [6, 6.07) is 5.58. The van der Waals surface area contributed by atoms with Gasteiger partial charge in [0.2, 0.25) is 10.8 Å². The number of hydrogen-bond acceptors (Lipinski definition) is 8. The van der Waals surface area contributed by atoms with Crippen LogP contribution in [0.3, 0.4) is 0 Å². The lowest BCUT2D eigenvalue weighted by atomic mass is 10.0. The molecule has 8 nitrogen and oxygen atoms in total. The van der Waals surface area contributed by atoms with Gasteiger partial charge in [0.05, 0.1) is 38.4 Å². The molecule has 2 aromatic heterocycles. The van der Waals surface area contributed by atoms with E-state index in [1.54, 1.807) is 14.2 Å². The van der Waals surface area contributed by atoms with Crippen molar-refractivity contribution >= 4 is 16.3 Å². The molecule has 1 atom stereocenters. The molecule has 1 fully saturated rings. The highest BCUT2D eigenvalue weighted by molar-refractivity contribution is 7.17. The van der Waals surface area contributed by atoms with Crippen LogP contribution in [0.25, 0.3) is 4.96 Å². The normalized spacial score (nSPS) is 16.7. The maximum atomic E-state index is 10.8. The largest absolute Gasteiger partial charge is 0.493 e. The molecular formula is C17H20N4O4S. The second-order valence-corrected chi connectivity index (χ2v) is 6.89. The van der Waals surface area contributed by atoms with Crippen LogP contribution in [-0.2, 0) is 4.74 Å². The van der Waals surface area contributed by atoms with Crippen LogP contribution in [0.15, 0.2) is 24.5 Å². The molecule has 26 heavy (non-hydrogen) atoms. The molecular weight excluding hydrogens is 356 g/mol. The van der Waals surface area contributed by atoms with E-state index < -0.39 is 0 Å². The number of fused-ring (bicyclic) bond motifs is 1. The van der Waals surface area contributed by atoms with Gasteiger partial charge in [-0.2, -0.15) is 9.61 Å². The Hall–Kier alpha value is -2.36. The van der Waals surface area contributed by atoms with Crippen LogP contribution in [-0.4, -0.2) is 65.1 Å². The zero-order chi connectivity index (χ0) is 18.1. The van der Waals surface area contributed by atoms with Crippen LogP contribution in [0.2, 0.25) is 0 Å². The van der Waals surface area contributed by atoms with E-state index in [1.807, 2.05) is 18.2 Å². The molecule has 1 aliphatic rings. The Bertz CT molecular complexity index is 903. The van der Waals surface area contributed by atoms with Crippen molar-refractivity contribution in [3.63, 3.8) is 0 Å². The molecule has 138 valence electrons. The third kappa shape index (κ3) is 2.77. The average Bonchev–Trinajstić information content (AvgIpc) is 3.26. The fraction of sp³-hybridized carbons (Fsp3) is 0.412. The van der Waals surface area contributed by atoms with Crippen LogP contribution in [0.1, 0.15) is 16.5 Å². The zero-order valence-corrected chi connectivity index (χ0v) is 15.4. The molecule has 3 heterocycles. The Morgan fingerprint density at radius 2 is 2.04 bits per heavy atom. The minimum absolute atomic E-state index is 0.101. The summed E-state index contributed by atoms with van der Waals surface area (Å²) in [6.45, 7) is 2.78. The number of rotatable bonds is 5. The molecule has 1 aromatic carbocycles. The van der Waals surface area contributed by atoms with Gasteiger partial charge in [0.1, 0.15) is 6.33 Å². The minimum Gasteiger partial charge on any atom is -0.493 e. The molecule has 0 amide bonds. The van der Waals surface area contributed by atoms with E-state index in [1.165, 1.54) is 22.2 Å². The molecule has 1 saturated heterocycles. The van der Waals surface area contributed by atoms with Gasteiger partial charge in [-0.3, -0.25) is 4.90 Å². The summed E-state index contributed by atoms with van der Waals surface area (Å²) in [5.41, 5.74) is 0.925. The molecule has 0 spiro atoms. The van der Waals surface area contributed by atoms with E-state index in [4.69, 9.17) is 14.2 Å². The van der Waals surface area contributed by atoms with Crippen molar-refractivity contribution in [1.82, 2.24) is 19.5 Å². The number of nitrogens with zero attached hydrogens (tertiary/aromatic N) is 4. The lowest BCUT2D eigenvalue weighted by Gasteiger charge is -2.34. The maximum absolute atomic E-state index is 10.8. The Kier molecular flexibility index (Phi) is 4.66. The van der Waals surface area contributed by atoms with Crippen LogP contribution in [0, 0.1) is 0 Å². The topological polar surface area (TPSA) is 81.4 Å². The first-order valence-electron chi connectivity index (χ1n) is 8.28. The Labute approximate surface area is 154 Å². The number of hydrogen-bond donors (Lipinski definition) is 1. The van der Waals surface area contributed by atoms with E-state index >= 15 is 0 Å². The standard InChI is InChI=1S/C17H20N4O4S/c1-23-12-5-3-4-11(14(12)24-2)13(20-6-8-25-9-7-20)15-16(22)21-17(26-15)18-10-19-21/h3-5,10,13,22H,6-9H2,1-2H3. The molecule has 0 radical (unpaired) electrons. The number of morpholine rings is 1. The fourth-order valence-electron chi connectivity index (χ4n) is 3.34. The molecule has 1 aliphatic heterocycles. The Balaban J connectivity index is 1.89. The van der Waals surface area contributed by atoms with Crippen molar-refractivity contribution in [1.29, 1.82) is 0 Å². The summed E-state index contributed by atoms with van der Waals surface area (Å²) in [5.74, 6) is 1.41. The third-order valence-electron chi connectivity index (χ3n) is 4.53. The van der Waals surface area contributed by atoms with Gasteiger partial charge in [-0.05, 0) is 6.07 Å². The van der Waals surface area contributed by atoms with Crippen molar-refractivity contribution in [2.45, 2.75) is 6.04 Å². The van der Waals surface area contributed by atoms with Gasteiger partial charge in [-0.1, -0.05) is 23.5 Å². The maximum Gasteiger partial charge on any atom is 0.230 e. The third-order valence-corrected chi connectivity index (χ3v) is 5.61. The van der Waals surface area contributed by atoms with Crippen LogP contribution in [0.5, 0.6) is 17.4 Å². The zero-order valence-electron chi connectivity index (χ0n) is 14.6. The molecule has 0 aliphatic carbocycles. The summed E-state index contributed by atoms with van der Waals surface area (Å²) in [7, 11) is 3.24. The van der Waals surface area contributed by atoms with E-state index in [0.29, 0.717) is 29.7 Å². The molecule has 1 N–H and O–H groups in total. The molecule has 9 heteroatoms. The van der Waals surface area contributed by atoms with Gasteiger partial charge in [0, 0.05) is 18.7 Å². The summed E-state index contributed by atoms with van der Waals surface area (Å²) in [4.78, 5) is 7.90. The van der Waals surface area contributed by atoms with Crippen molar-refractivity contribution in [2.24, 2.45) is 0 Å². The Morgan fingerprint density at radius 3 is 2.73 bits per heavy atom. The second kappa shape index (κ2) is 7.10. The molecule has 4 rings (SSSR count). The van der Waals surface area contributed by atoms with Gasteiger partial charge in [0.25, 0.3) is 0 Å². The summed E-state index contributed by atoms with van der Waals surface area (Å²) < 4.78 is 18.1. The number of aromatic hydroxyl groups is 1. The first-order valence-corrected chi connectivity index (χ1v) is 9.10. The number of ether oxygens (including phenoxy) is 3. The highest BCUT2D eigenvalue weighted by atomic mass is 32.1. The van der Waals surface area contributed by atoms with Crippen LogP contribution in [0.4, 0.5) is 0 Å². The fourth-order valence-corrected chi connectivity index (χ4v) is 4.42. The summed E-state index contributed by atoms with van der Waals surface area (Å²) in [6.07, 6.45) is 1.44. The SMILES string of the molecule is COc1cccc(C(c2sc3ncnn3c2O)N2CCOCC2)c1OC. The molecule has 0 saturated carbocycles. The summed E-state index contributed by atoms with van der Waals surface area (Å²) in [5, 5.41) is 14.9. The number of para-hydroxylation sites is 1. The smallest absolute Gasteiger partial charge is 0.230 e. The van der Waals surface area contributed by atoms with Crippen LogP contribution < -0.4 is 9.47 Å². The first kappa shape index (κ1) is 17.1. The van der Waals surface area contributed by atoms with Gasteiger partial charge >= 0.3 is 0 Å². The quantitative estimate of drug-likeness (QED) is 0.729. The average molecular weight is 376 g/mol. The number of methoxy groups -OCH3 is 2. The lowest BCUT2D eigenvalue weighted by molar-refractivity contribution is 0.0236. The van der Waals surface area contributed by atoms with Crippen molar-refractivity contribution in [2.75, 3.05) is 40.5 Å². The predicted molar refractivity (Wildman–Crippen MR) is 96.3 cm³/mol. The van der Waals surface area contributed by atoms with Gasteiger partial charge in [-0.15, -0.1) is 0 Å². The van der Waals surface area contributed by atoms with Gasteiger partial charge in [-0.25, -0.2) is 4.98 Å². The van der Waals surface area contributed by atoms with Gasteiger partial charge < -0.3 is 19.3 Å². The van der Waals surface area contributed by atoms with Gasteiger partial charge in [0.15, 0.2) is 11.5 Å². The van der Waals surface area contributed by atoms with Crippen LogP contribution >= 0.6 is 11.3 Å². The highest BCUT2D eigenvalue weighted by Gasteiger charge is 2.33.